The first-order valence-corrected chi connectivity index (χ1v) is 6.32. The summed E-state index contributed by atoms with van der Waals surface area (Å²) in [4.78, 5) is 9.07. The molecule has 0 aliphatic carbocycles. The second-order valence-electron chi connectivity index (χ2n) is 4.20. The van der Waals surface area contributed by atoms with Crippen LogP contribution in [0.25, 0.3) is 0 Å². The average Bonchev–Trinajstić information content (AvgIpc) is 2.29. The maximum Gasteiger partial charge on any atom is 0.148 e. The molecule has 0 aliphatic heterocycles. The van der Waals surface area contributed by atoms with Gasteiger partial charge in [0, 0.05) is 12.2 Å². The van der Waals surface area contributed by atoms with Gasteiger partial charge in [-0.05, 0) is 26.2 Å². The fraction of sp³-hybridized carbons (Fsp3) is 0.692. The molecule has 0 saturated carbocycles. The minimum atomic E-state index is 0.469. The summed E-state index contributed by atoms with van der Waals surface area (Å²) in [5.74, 6) is 0.975. The van der Waals surface area contributed by atoms with Gasteiger partial charge in [0.25, 0.3) is 0 Å². The Hall–Kier alpha value is -1.12. The van der Waals surface area contributed by atoms with Gasteiger partial charge in [-0.1, -0.05) is 27.2 Å². The van der Waals surface area contributed by atoms with Crippen LogP contribution >= 0.6 is 0 Å². The summed E-state index contributed by atoms with van der Waals surface area (Å²) in [6.07, 6.45) is 6.11. The Morgan fingerprint density at radius 3 is 2.56 bits per heavy atom. The molecule has 0 spiro atoms. The number of hydrogen-bond acceptors (Lipinski definition) is 3. The van der Waals surface area contributed by atoms with E-state index in [0.29, 0.717) is 6.04 Å². The minimum Gasteiger partial charge on any atom is -0.366 e. The number of hydrogen-bond donors (Lipinski definition) is 1. The third-order valence-electron chi connectivity index (χ3n) is 2.70. The van der Waals surface area contributed by atoms with Crippen molar-refractivity contribution in [2.75, 3.05) is 5.32 Å². The van der Waals surface area contributed by atoms with Gasteiger partial charge in [0.1, 0.15) is 5.82 Å². The van der Waals surface area contributed by atoms with Gasteiger partial charge in [0.05, 0.1) is 11.4 Å². The molecule has 1 rings (SSSR count). The molecule has 1 heterocycles. The summed E-state index contributed by atoms with van der Waals surface area (Å²) in [6.45, 7) is 8.62. The molecule has 0 radical (unpaired) electrons. The summed E-state index contributed by atoms with van der Waals surface area (Å²) in [5.41, 5.74) is 2.13. The number of aryl methyl sites for hydroxylation is 2. The summed E-state index contributed by atoms with van der Waals surface area (Å²) >= 11 is 0. The predicted octanol–water partition coefficient (Wildman–Crippen LogP) is 3.20. The molecule has 1 N–H and O–H groups in total. The lowest BCUT2D eigenvalue weighted by molar-refractivity contribution is 0.684. The molecule has 1 aromatic rings. The molecule has 3 heteroatoms. The van der Waals surface area contributed by atoms with Crippen molar-refractivity contribution >= 4 is 5.82 Å². The molecule has 1 atom stereocenters. The summed E-state index contributed by atoms with van der Waals surface area (Å²) in [6, 6.07) is 0.469. The Balaban J connectivity index is 2.82. The molecule has 0 unspecified atom stereocenters. The van der Waals surface area contributed by atoms with Gasteiger partial charge in [-0.25, -0.2) is 4.98 Å². The van der Waals surface area contributed by atoms with Crippen molar-refractivity contribution < 1.29 is 0 Å². The van der Waals surface area contributed by atoms with Crippen molar-refractivity contribution in [2.45, 2.75) is 59.4 Å². The van der Waals surface area contributed by atoms with Crippen molar-refractivity contribution in [1.82, 2.24) is 9.97 Å². The first kappa shape index (κ1) is 12.9. The van der Waals surface area contributed by atoms with Crippen LogP contribution in [0.2, 0.25) is 0 Å². The lowest BCUT2D eigenvalue weighted by Gasteiger charge is -2.16. The average molecular weight is 221 g/mol. The standard InChI is InChI=1S/C13H23N3/c1-5-8-10(4)15-13-12(7-3)14-9-11(6-2)16-13/h9-10H,5-8H2,1-4H3,(H,15,16)/t10-/m0/s1. The van der Waals surface area contributed by atoms with Crippen molar-refractivity contribution in [3.63, 3.8) is 0 Å². The smallest absolute Gasteiger partial charge is 0.148 e. The summed E-state index contributed by atoms with van der Waals surface area (Å²) in [7, 11) is 0. The predicted molar refractivity (Wildman–Crippen MR) is 68.8 cm³/mol. The molecule has 0 aromatic carbocycles. The van der Waals surface area contributed by atoms with Crippen LogP contribution in [0.15, 0.2) is 6.20 Å². The maximum absolute atomic E-state index is 4.61. The third kappa shape index (κ3) is 3.47. The normalized spacial score (nSPS) is 12.5. The fourth-order valence-electron chi connectivity index (χ4n) is 1.73. The lowest BCUT2D eigenvalue weighted by atomic mass is 10.2. The summed E-state index contributed by atoms with van der Waals surface area (Å²) < 4.78 is 0. The lowest BCUT2D eigenvalue weighted by Crippen LogP contribution is -2.18. The SMILES string of the molecule is CCC[C@H](C)Nc1nc(CC)cnc1CC. The Labute approximate surface area is 98.7 Å². The minimum absolute atomic E-state index is 0.469. The Bertz CT molecular complexity index is 323. The molecule has 0 bridgehead atoms. The van der Waals surface area contributed by atoms with E-state index < -0.39 is 0 Å². The fourth-order valence-corrected chi connectivity index (χ4v) is 1.73. The van der Waals surface area contributed by atoms with E-state index in [0.717, 1.165) is 30.0 Å². The Morgan fingerprint density at radius 2 is 2.00 bits per heavy atom. The molecule has 16 heavy (non-hydrogen) atoms. The number of aromatic nitrogens is 2. The topological polar surface area (TPSA) is 37.8 Å². The van der Waals surface area contributed by atoms with Gasteiger partial charge in [-0.3, -0.25) is 4.98 Å². The summed E-state index contributed by atoms with van der Waals surface area (Å²) in [5, 5.41) is 3.46. The molecule has 90 valence electrons. The van der Waals surface area contributed by atoms with Crippen LogP contribution in [0.5, 0.6) is 0 Å². The maximum atomic E-state index is 4.61. The first-order valence-electron chi connectivity index (χ1n) is 6.32. The van der Waals surface area contributed by atoms with E-state index in [1.807, 2.05) is 6.20 Å². The zero-order chi connectivity index (χ0) is 12.0. The quantitative estimate of drug-likeness (QED) is 0.801. The number of nitrogens with one attached hydrogen (secondary N) is 1. The molecular formula is C13H23N3. The molecule has 0 fully saturated rings. The highest BCUT2D eigenvalue weighted by Gasteiger charge is 2.08. The van der Waals surface area contributed by atoms with Gasteiger partial charge in [-0.15, -0.1) is 0 Å². The second-order valence-corrected chi connectivity index (χ2v) is 4.20. The van der Waals surface area contributed by atoms with E-state index in [1.54, 1.807) is 0 Å². The van der Waals surface area contributed by atoms with Crippen molar-refractivity contribution in [3.8, 4) is 0 Å². The molecule has 0 aliphatic rings. The highest BCUT2D eigenvalue weighted by atomic mass is 15.0. The van der Waals surface area contributed by atoms with Crippen LogP contribution < -0.4 is 5.32 Å². The van der Waals surface area contributed by atoms with Crippen molar-refractivity contribution in [3.05, 3.63) is 17.6 Å². The van der Waals surface area contributed by atoms with Crippen LogP contribution in [0.3, 0.4) is 0 Å². The highest BCUT2D eigenvalue weighted by molar-refractivity contribution is 5.41. The molecule has 0 saturated heterocycles. The van der Waals surface area contributed by atoms with E-state index in [2.05, 4.69) is 43.0 Å². The monoisotopic (exact) mass is 221 g/mol. The molecule has 1 aromatic heterocycles. The zero-order valence-corrected chi connectivity index (χ0v) is 10.9. The van der Waals surface area contributed by atoms with Crippen LogP contribution in [0.1, 0.15) is 51.9 Å². The van der Waals surface area contributed by atoms with Crippen LogP contribution in [0.4, 0.5) is 5.82 Å². The van der Waals surface area contributed by atoms with Crippen molar-refractivity contribution in [1.29, 1.82) is 0 Å². The van der Waals surface area contributed by atoms with Gasteiger partial charge in [-0.2, -0.15) is 0 Å². The number of anilines is 1. The largest absolute Gasteiger partial charge is 0.366 e. The Morgan fingerprint density at radius 1 is 1.25 bits per heavy atom. The van der Waals surface area contributed by atoms with Gasteiger partial charge in [0.2, 0.25) is 0 Å². The van der Waals surface area contributed by atoms with E-state index >= 15 is 0 Å². The van der Waals surface area contributed by atoms with Crippen LogP contribution in [-0.2, 0) is 12.8 Å². The van der Waals surface area contributed by atoms with Gasteiger partial charge in [0.15, 0.2) is 0 Å². The van der Waals surface area contributed by atoms with E-state index in [1.165, 1.54) is 12.8 Å². The first-order chi connectivity index (χ1) is 7.71. The van der Waals surface area contributed by atoms with Crippen molar-refractivity contribution in [2.24, 2.45) is 0 Å². The zero-order valence-electron chi connectivity index (χ0n) is 10.9. The van der Waals surface area contributed by atoms with Gasteiger partial charge < -0.3 is 5.32 Å². The van der Waals surface area contributed by atoms with Crippen LogP contribution in [0, 0.1) is 0 Å². The molecule has 3 nitrogen and oxygen atoms in total. The van der Waals surface area contributed by atoms with E-state index in [9.17, 15) is 0 Å². The highest BCUT2D eigenvalue weighted by Crippen LogP contribution is 2.14. The second kappa shape index (κ2) is 6.46. The number of rotatable bonds is 6. The number of nitrogens with zero attached hydrogens (tertiary/aromatic N) is 2. The van der Waals surface area contributed by atoms with Gasteiger partial charge >= 0.3 is 0 Å². The Kier molecular flexibility index (Phi) is 5.23. The van der Waals surface area contributed by atoms with E-state index in [-0.39, 0.29) is 0 Å². The molecule has 0 amide bonds. The third-order valence-corrected chi connectivity index (χ3v) is 2.70. The molecular weight excluding hydrogens is 198 g/mol. The van der Waals surface area contributed by atoms with Crippen LogP contribution in [-0.4, -0.2) is 16.0 Å². The van der Waals surface area contributed by atoms with E-state index in [4.69, 9.17) is 0 Å².